The predicted molar refractivity (Wildman–Crippen MR) is 52.3 cm³/mol. The first-order valence-electron chi connectivity index (χ1n) is 4.97. The molecule has 76 valence electrons. The average Bonchev–Trinajstić information content (AvgIpc) is 2.83. The van der Waals surface area contributed by atoms with Crippen LogP contribution < -0.4 is 0 Å². The van der Waals surface area contributed by atoms with Crippen molar-refractivity contribution in [3.63, 3.8) is 0 Å². The molecule has 0 aromatic carbocycles. The summed E-state index contributed by atoms with van der Waals surface area (Å²) in [6.07, 6.45) is 1.98. The van der Waals surface area contributed by atoms with Gasteiger partial charge in [0.05, 0.1) is 12.5 Å². The first-order valence-corrected chi connectivity index (χ1v) is 4.97. The molecule has 1 fully saturated rings. The Hall–Kier alpha value is -0.530. The Labute approximate surface area is 80.7 Å². The fourth-order valence-electron chi connectivity index (χ4n) is 1.98. The maximum Gasteiger partial charge on any atom is 0.312 e. The molecule has 1 aliphatic carbocycles. The third-order valence-corrected chi connectivity index (χ3v) is 4.00. The molecule has 0 saturated heterocycles. The van der Waals surface area contributed by atoms with Crippen molar-refractivity contribution in [3.05, 3.63) is 0 Å². The van der Waals surface area contributed by atoms with E-state index in [-0.39, 0.29) is 16.8 Å². The highest BCUT2D eigenvalue weighted by Crippen LogP contribution is 2.61. The molecule has 0 aromatic rings. The zero-order valence-electron chi connectivity index (χ0n) is 9.31. The molecule has 0 heterocycles. The summed E-state index contributed by atoms with van der Waals surface area (Å²) in [5.74, 6) is 0.486. The quantitative estimate of drug-likeness (QED) is 0.630. The molecule has 1 rings (SSSR count). The van der Waals surface area contributed by atoms with E-state index in [0.29, 0.717) is 5.92 Å². The van der Waals surface area contributed by atoms with E-state index in [1.807, 2.05) is 0 Å². The van der Waals surface area contributed by atoms with Crippen LogP contribution in [0.4, 0.5) is 0 Å². The summed E-state index contributed by atoms with van der Waals surface area (Å²) in [7, 11) is 1.48. The number of hydrogen-bond acceptors (Lipinski definition) is 2. The van der Waals surface area contributed by atoms with Gasteiger partial charge in [-0.25, -0.2) is 0 Å². The van der Waals surface area contributed by atoms with Crippen LogP contribution >= 0.6 is 0 Å². The second kappa shape index (κ2) is 3.00. The van der Waals surface area contributed by atoms with Gasteiger partial charge in [-0.1, -0.05) is 27.7 Å². The van der Waals surface area contributed by atoms with E-state index >= 15 is 0 Å². The number of carbonyl (C=O) groups is 1. The second-order valence-electron chi connectivity index (χ2n) is 4.95. The van der Waals surface area contributed by atoms with Crippen LogP contribution in [0.25, 0.3) is 0 Å². The molecule has 0 aliphatic heterocycles. The Balaban J connectivity index is 2.87. The number of methoxy groups -OCH3 is 1. The molecule has 0 unspecified atom stereocenters. The molecule has 1 saturated carbocycles. The molecule has 0 aromatic heterocycles. The Morgan fingerprint density at radius 1 is 1.38 bits per heavy atom. The zero-order valence-corrected chi connectivity index (χ0v) is 9.31. The molecule has 0 N–H and O–H groups in total. The van der Waals surface area contributed by atoms with Crippen LogP contribution in [0.15, 0.2) is 0 Å². The highest BCUT2D eigenvalue weighted by molar-refractivity contribution is 5.80. The topological polar surface area (TPSA) is 26.3 Å². The number of esters is 1. The lowest BCUT2D eigenvalue weighted by molar-refractivity contribution is -0.153. The lowest BCUT2D eigenvalue weighted by Crippen LogP contribution is -2.37. The first-order chi connectivity index (χ1) is 5.88. The summed E-state index contributed by atoms with van der Waals surface area (Å²) in [5, 5.41) is 0. The van der Waals surface area contributed by atoms with Gasteiger partial charge in [0.1, 0.15) is 0 Å². The van der Waals surface area contributed by atoms with Gasteiger partial charge in [0.25, 0.3) is 0 Å². The van der Waals surface area contributed by atoms with Crippen molar-refractivity contribution < 1.29 is 9.53 Å². The van der Waals surface area contributed by atoms with E-state index in [1.165, 1.54) is 7.11 Å². The molecule has 0 spiro atoms. The number of hydrogen-bond donors (Lipinski definition) is 0. The van der Waals surface area contributed by atoms with Gasteiger partial charge < -0.3 is 4.74 Å². The summed E-state index contributed by atoms with van der Waals surface area (Å²) in [6.45, 7) is 8.68. The van der Waals surface area contributed by atoms with Gasteiger partial charge in [-0.05, 0) is 24.2 Å². The maximum atomic E-state index is 11.6. The first kappa shape index (κ1) is 10.6. The molecule has 2 nitrogen and oxygen atoms in total. The molecular weight excluding hydrogens is 164 g/mol. The van der Waals surface area contributed by atoms with Gasteiger partial charge in [-0.3, -0.25) is 4.79 Å². The van der Waals surface area contributed by atoms with Crippen LogP contribution in [0, 0.1) is 16.7 Å². The third-order valence-electron chi connectivity index (χ3n) is 4.00. The second-order valence-corrected chi connectivity index (χ2v) is 4.95. The summed E-state index contributed by atoms with van der Waals surface area (Å²) in [4.78, 5) is 11.6. The van der Waals surface area contributed by atoms with E-state index in [1.54, 1.807) is 0 Å². The Kier molecular flexibility index (Phi) is 2.44. The van der Waals surface area contributed by atoms with E-state index in [4.69, 9.17) is 4.74 Å². The molecule has 0 amide bonds. The largest absolute Gasteiger partial charge is 0.469 e. The molecule has 0 bridgehead atoms. The fraction of sp³-hybridized carbons (Fsp3) is 0.909. The number of rotatable bonds is 3. The molecule has 0 radical (unpaired) electrons. The van der Waals surface area contributed by atoms with Crippen LogP contribution in [0.5, 0.6) is 0 Å². The summed E-state index contributed by atoms with van der Waals surface area (Å²) in [5.41, 5.74) is -0.129. The average molecular weight is 184 g/mol. The van der Waals surface area contributed by atoms with Crippen molar-refractivity contribution in [1.29, 1.82) is 0 Å². The van der Waals surface area contributed by atoms with Crippen molar-refractivity contribution in [2.75, 3.05) is 7.11 Å². The predicted octanol–water partition coefficient (Wildman–Crippen LogP) is 2.62. The normalized spacial score (nSPS) is 20.2. The molecule has 1 aliphatic rings. The summed E-state index contributed by atoms with van der Waals surface area (Å²) in [6, 6.07) is 0. The van der Waals surface area contributed by atoms with E-state index in [2.05, 4.69) is 27.7 Å². The number of ether oxygens (including phenoxy) is 1. The van der Waals surface area contributed by atoms with Gasteiger partial charge in [-0.2, -0.15) is 0 Å². The number of carbonyl (C=O) groups excluding carboxylic acids is 1. The van der Waals surface area contributed by atoms with Crippen LogP contribution in [0.1, 0.15) is 40.5 Å². The fourth-order valence-corrected chi connectivity index (χ4v) is 1.98. The van der Waals surface area contributed by atoms with Gasteiger partial charge in [-0.15, -0.1) is 0 Å². The molecule has 13 heavy (non-hydrogen) atoms. The minimum atomic E-state index is -0.185. The minimum Gasteiger partial charge on any atom is -0.469 e. The van der Waals surface area contributed by atoms with Crippen molar-refractivity contribution in [2.45, 2.75) is 40.5 Å². The Morgan fingerprint density at radius 3 is 2.08 bits per heavy atom. The summed E-state index contributed by atoms with van der Waals surface area (Å²) >= 11 is 0. The van der Waals surface area contributed by atoms with Crippen LogP contribution in [-0.2, 0) is 9.53 Å². The van der Waals surface area contributed by atoms with Crippen LogP contribution in [0.2, 0.25) is 0 Å². The van der Waals surface area contributed by atoms with Crippen molar-refractivity contribution in [1.82, 2.24) is 0 Å². The van der Waals surface area contributed by atoms with E-state index in [9.17, 15) is 4.79 Å². The Morgan fingerprint density at radius 2 is 1.85 bits per heavy atom. The Bertz CT molecular complexity index is 212. The smallest absolute Gasteiger partial charge is 0.312 e. The minimum absolute atomic E-state index is 0.0220. The van der Waals surface area contributed by atoms with Crippen LogP contribution in [-0.4, -0.2) is 13.1 Å². The highest BCUT2D eigenvalue weighted by atomic mass is 16.5. The standard InChI is InChI=1S/C11H20O2/c1-8(2)10(3,4)11(6-7-11)9(12)13-5/h8H,6-7H2,1-5H3. The van der Waals surface area contributed by atoms with E-state index in [0.717, 1.165) is 12.8 Å². The van der Waals surface area contributed by atoms with Gasteiger partial charge in [0.2, 0.25) is 0 Å². The highest BCUT2D eigenvalue weighted by Gasteiger charge is 2.61. The van der Waals surface area contributed by atoms with Gasteiger partial charge in [0, 0.05) is 0 Å². The van der Waals surface area contributed by atoms with Gasteiger partial charge >= 0.3 is 5.97 Å². The monoisotopic (exact) mass is 184 g/mol. The molecular formula is C11H20O2. The van der Waals surface area contributed by atoms with Crippen molar-refractivity contribution in [3.8, 4) is 0 Å². The summed E-state index contributed by atoms with van der Waals surface area (Å²) < 4.78 is 4.88. The zero-order chi connectivity index (χ0) is 10.3. The van der Waals surface area contributed by atoms with E-state index < -0.39 is 0 Å². The maximum absolute atomic E-state index is 11.6. The molecule has 2 heteroatoms. The van der Waals surface area contributed by atoms with Crippen molar-refractivity contribution in [2.24, 2.45) is 16.7 Å². The third kappa shape index (κ3) is 1.36. The lowest BCUT2D eigenvalue weighted by atomic mass is 9.68. The lowest BCUT2D eigenvalue weighted by Gasteiger charge is -2.36. The SMILES string of the molecule is COC(=O)C1(C(C)(C)C(C)C)CC1. The van der Waals surface area contributed by atoms with Gasteiger partial charge in [0.15, 0.2) is 0 Å². The molecule has 0 atom stereocenters. The van der Waals surface area contributed by atoms with Crippen LogP contribution in [0.3, 0.4) is 0 Å². The van der Waals surface area contributed by atoms with Crippen molar-refractivity contribution >= 4 is 5.97 Å².